The van der Waals surface area contributed by atoms with Crippen LogP contribution in [0.15, 0.2) is 29.6 Å². The molecule has 0 bridgehead atoms. The van der Waals surface area contributed by atoms with Crippen LogP contribution >= 0.6 is 22.9 Å². The van der Waals surface area contributed by atoms with E-state index < -0.39 is 5.91 Å². The summed E-state index contributed by atoms with van der Waals surface area (Å²) in [5.74, 6) is -0.322. The van der Waals surface area contributed by atoms with Crippen LogP contribution in [0, 0.1) is 0 Å². The van der Waals surface area contributed by atoms with Crippen molar-refractivity contribution >= 4 is 40.4 Å². The molecule has 5 nitrogen and oxygen atoms in total. The van der Waals surface area contributed by atoms with Crippen molar-refractivity contribution in [2.24, 2.45) is 5.73 Å². The summed E-state index contributed by atoms with van der Waals surface area (Å²) in [6.45, 7) is 0. The number of halogens is 1. The molecule has 0 unspecified atom stereocenters. The lowest BCUT2D eigenvalue weighted by Gasteiger charge is -2.07. The van der Waals surface area contributed by atoms with Crippen LogP contribution in [0.1, 0.15) is 20.0 Å². The van der Waals surface area contributed by atoms with Gasteiger partial charge in [0.15, 0.2) is 0 Å². The minimum absolute atomic E-state index is 0.306. The van der Waals surface area contributed by atoms with Gasteiger partial charge < -0.3 is 15.8 Å². The molecule has 3 N–H and O–H groups in total. The van der Waals surface area contributed by atoms with Gasteiger partial charge in [-0.3, -0.25) is 9.59 Å². The second kappa shape index (κ2) is 5.94. The van der Waals surface area contributed by atoms with Gasteiger partial charge in [-0.15, -0.1) is 11.3 Å². The van der Waals surface area contributed by atoms with Crippen LogP contribution in [0.5, 0.6) is 5.75 Å². The molecule has 7 heteroatoms. The number of carbonyl (C=O) groups excluding carboxylic acids is 2. The Morgan fingerprint density at radius 1 is 1.35 bits per heavy atom. The summed E-state index contributed by atoms with van der Waals surface area (Å²) in [7, 11) is 1.53. The Morgan fingerprint density at radius 2 is 2.10 bits per heavy atom. The van der Waals surface area contributed by atoms with Crippen molar-refractivity contribution in [1.29, 1.82) is 0 Å². The summed E-state index contributed by atoms with van der Waals surface area (Å²) >= 11 is 7.17. The number of methoxy groups -OCH3 is 1. The van der Waals surface area contributed by atoms with E-state index in [2.05, 4.69) is 5.32 Å². The molecule has 0 spiro atoms. The molecule has 0 aliphatic heterocycles. The van der Waals surface area contributed by atoms with E-state index in [0.29, 0.717) is 26.9 Å². The van der Waals surface area contributed by atoms with Crippen molar-refractivity contribution in [1.82, 2.24) is 0 Å². The zero-order valence-corrected chi connectivity index (χ0v) is 12.0. The van der Waals surface area contributed by atoms with Gasteiger partial charge in [0.25, 0.3) is 5.91 Å². The lowest BCUT2D eigenvalue weighted by molar-refractivity contribution is 0.100. The average Bonchev–Trinajstić information content (AvgIpc) is 2.91. The standard InChI is InChI=1S/C13H11ClN2O3S/c1-19-8-2-3-10(9(14)5-8)16-13(18)11-4-7(6-20-11)12(15)17/h2-6H,1H3,(H2,15,17)(H,16,18). The van der Waals surface area contributed by atoms with Crippen molar-refractivity contribution in [2.45, 2.75) is 0 Å². The molecule has 0 radical (unpaired) electrons. The average molecular weight is 311 g/mol. The molecule has 2 amide bonds. The fourth-order valence-electron chi connectivity index (χ4n) is 1.49. The minimum atomic E-state index is -0.567. The first-order chi connectivity index (χ1) is 9.51. The summed E-state index contributed by atoms with van der Waals surface area (Å²) in [6.07, 6.45) is 0. The normalized spacial score (nSPS) is 10.1. The van der Waals surface area contributed by atoms with Crippen LogP contribution in [0.4, 0.5) is 5.69 Å². The number of benzene rings is 1. The lowest BCUT2D eigenvalue weighted by Crippen LogP contribution is -2.12. The fourth-order valence-corrected chi connectivity index (χ4v) is 2.50. The molecule has 1 aromatic carbocycles. The van der Waals surface area contributed by atoms with E-state index >= 15 is 0 Å². The van der Waals surface area contributed by atoms with E-state index in [9.17, 15) is 9.59 Å². The fraction of sp³-hybridized carbons (Fsp3) is 0.0769. The minimum Gasteiger partial charge on any atom is -0.497 e. The van der Waals surface area contributed by atoms with Crippen LogP contribution in [-0.4, -0.2) is 18.9 Å². The van der Waals surface area contributed by atoms with Crippen LogP contribution in [0.3, 0.4) is 0 Å². The smallest absolute Gasteiger partial charge is 0.265 e. The molecular formula is C13H11ClN2O3S. The molecule has 0 atom stereocenters. The van der Waals surface area contributed by atoms with Gasteiger partial charge in [-0.1, -0.05) is 11.6 Å². The van der Waals surface area contributed by atoms with Crippen LogP contribution in [-0.2, 0) is 0 Å². The number of hydrogen-bond donors (Lipinski definition) is 2. The molecule has 1 aromatic heterocycles. The van der Waals surface area contributed by atoms with Crippen molar-refractivity contribution < 1.29 is 14.3 Å². The third kappa shape index (κ3) is 3.09. The molecule has 0 aliphatic carbocycles. The first-order valence-corrected chi connectivity index (χ1v) is 6.80. The van der Waals surface area contributed by atoms with Gasteiger partial charge in [-0.2, -0.15) is 0 Å². The molecule has 2 rings (SSSR count). The van der Waals surface area contributed by atoms with Gasteiger partial charge in [-0.05, 0) is 18.2 Å². The number of ether oxygens (including phenoxy) is 1. The lowest BCUT2D eigenvalue weighted by atomic mass is 10.2. The molecule has 20 heavy (non-hydrogen) atoms. The third-order valence-corrected chi connectivity index (χ3v) is 3.77. The Bertz CT molecular complexity index is 669. The van der Waals surface area contributed by atoms with Gasteiger partial charge in [0.2, 0.25) is 5.91 Å². The molecular weight excluding hydrogens is 300 g/mol. The third-order valence-electron chi connectivity index (χ3n) is 2.53. The number of amides is 2. The summed E-state index contributed by atoms with van der Waals surface area (Å²) < 4.78 is 5.02. The van der Waals surface area contributed by atoms with Gasteiger partial charge in [0.1, 0.15) is 5.75 Å². The Kier molecular flexibility index (Phi) is 4.26. The first-order valence-electron chi connectivity index (χ1n) is 5.54. The molecule has 0 saturated heterocycles. The number of primary amides is 1. The summed E-state index contributed by atoms with van der Waals surface area (Å²) in [6, 6.07) is 6.37. The van der Waals surface area contributed by atoms with Crippen molar-refractivity contribution in [3.05, 3.63) is 45.1 Å². The quantitative estimate of drug-likeness (QED) is 0.911. The number of carbonyl (C=O) groups is 2. The van der Waals surface area contributed by atoms with Crippen molar-refractivity contribution in [3.8, 4) is 5.75 Å². The summed E-state index contributed by atoms with van der Waals surface area (Å²) in [5, 5.41) is 4.56. The highest BCUT2D eigenvalue weighted by Gasteiger charge is 2.13. The zero-order chi connectivity index (χ0) is 14.7. The monoisotopic (exact) mass is 310 g/mol. The Hall–Kier alpha value is -2.05. The van der Waals surface area contributed by atoms with E-state index in [1.54, 1.807) is 18.2 Å². The van der Waals surface area contributed by atoms with Crippen molar-refractivity contribution in [3.63, 3.8) is 0 Å². The highest BCUT2D eigenvalue weighted by molar-refractivity contribution is 7.12. The van der Waals surface area contributed by atoms with Gasteiger partial charge in [0, 0.05) is 11.4 Å². The molecule has 1 heterocycles. The highest BCUT2D eigenvalue weighted by Crippen LogP contribution is 2.27. The molecule has 0 saturated carbocycles. The topological polar surface area (TPSA) is 81.4 Å². The second-order valence-corrected chi connectivity index (χ2v) is 5.18. The summed E-state index contributed by atoms with van der Waals surface area (Å²) in [4.78, 5) is 23.4. The van der Waals surface area contributed by atoms with Crippen LogP contribution in [0.2, 0.25) is 5.02 Å². The van der Waals surface area contributed by atoms with E-state index in [-0.39, 0.29) is 5.91 Å². The number of nitrogens with two attached hydrogens (primary N) is 1. The SMILES string of the molecule is COc1ccc(NC(=O)c2cc(C(N)=O)cs2)c(Cl)c1. The number of anilines is 1. The van der Waals surface area contributed by atoms with Crippen LogP contribution in [0.25, 0.3) is 0 Å². The zero-order valence-electron chi connectivity index (χ0n) is 10.5. The molecule has 0 aliphatic rings. The number of nitrogens with one attached hydrogen (secondary N) is 1. The predicted octanol–water partition coefficient (Wildman–Crippen LogP) is 2.76. The first kappa shape index (κ1) is 14.4. The number of thiophene rings is 1. The Labute approximate surface area is 124 Å². The number of hydrogen-bond acceptors (Lipinski definition) is 4. The van der Waals surface area contributed by atoms with E-state index in [1.165, 1.54) is 18.6 Å². The van der Waals surface area contributed by atoms with E-state index in [1.807, 2.05) is 0 Å². The molecule has 2 aromatic rings. The van der Waals surface area contributed by atoms with Gasteiger partial charge in [0.05, 0.1) is 28.3 Å². The maximum absolute atomic E-state index is 12.0. The van der Waals surface area contributed by atoms with Crippen LogP contribution < -0.4 is 15.8 Å². The maximum Gasteiger partial charge on any atom is 0.265 e. The summed E-state index contributed by atoms with van der Waals surface area (Å²) in [5.41, 5.74) is 5.91. The molecule has 0 fully saturated rings. The van der Waals surface area contributed by atoms with Gasteiger partial charge in [-0.25, -0.2) is 0 Å². The maximum atomic E-state index is 12.0. The second-order valence-electron chi connectivity index (χ2n) is 3.86. The van der Waals surface area contributed by atoms with E-state index in [0.717, 1.165) is 11.3 Å². The Morgan fingerprint density at radius 3 is 2.65 bits per heavy atom. The highest BCUT2D eigenvalue weighted by atomic mass is 35.5. The Balaban J connectivity index is 2.16. The molecule has 104 valence electrons. The predicted molar refractivity (Wildman–Crippen MR) is 78.8 cm³/mol. The van der Waals surface area contributed by atoms with Gasteiger partial charge >= 0.3 is 0 Å². The van der Waals surface area contributed by atoms with E-state index in [4.69, 9.17) is 22.1 Å². The largest absolute Gasteiger partial charge is 0.497 e. The number of rotatable bonds is 4. The van der Waals surface area contributed by atoms with Crippen molar-refractivity contribution in [2.75, 3.05) is 12.4 Å².